The van der Waals surface area contributed by atoms with Crippen LogP contribution in [0.3, 0.4) is 0 Å². The summed E-state index contributed by atoms with van der Waals surface area (Å²) < 4.78 is 85.1. The molecule has 38 heavy (non-hydrogen) atoms. The number of nitrogens with one attached hydrogen (secondary N) is 1. The van der Waals surface area contributed by atoms with E-state index in [-0.39, 0.29) is 21.7 Å². The molecular weight excluding hydrogens is 528 g/mol. The van der Waals surface area contributed by atoms with Crippen LogP contribution in [0.4, 0.5) is 23.2 Å². The van der Waals surface area contributed by atoms with Gasteiger partial charge in [0.2, 0.25) is 0 Å². The van der Waals surface area contributed by atoms with Gasteiger partial charge in [-0.1, -0.05) is 19.4 Å². The second-order valence-electron chi connectivity index (χ2n) is 9.53. The van der Waals surface area contributed by atoms with E-state index in [1.807, 2.05) is 6.92 Å². The summed E-state index contributed by atoms with van der Waals surface area (Å²) in [6.45, 7) is 4.45. The molecule has 4 rings (SSSR count). The molecule has 2 heterocycles. The number of sulfone groups is 1. The summed E-state index contributed by atoms with van der Waals surface area (Å²) in [5, 5.41) is 9.00. The molecule has 0 unspecified atom stereocenters. The molecule has 1 aliphatic carbocycles. The van der Waals surface area contributed by atoms with Crippen molar-refractivity contribution < 1.29 is 35.5 Å². The maximum Gasteiger partial charge on any atom is 0.435 e. The highest BCUT2D eigenvalue weighted by Gasteiger charge is 2.39. The molecule has 0 spiro atoms. The Morgan fingerprint density at radius 1 is 1.13 bits per heavy atom. The van der Waals surface area contributed by atoms with E-state index < -0.39 is 56.2 Å². The normalized spacial score (nSPS) is 15.1. The Morgan fingerprint density at radius 2 is 1.82 bits per heavy atom. The van der Waals surface area contributed by atoms with Crippen LogP contribution in [-0.2, 0) is 21.4 Å². The van der Waals surface area contributed by atoms with Gasteiger partial charge in [-0.2, -0.15) is 13.2 Å². The number of hydrogen-bond acceptors (Lipinski definition) is 7. The number of rotatable bonds is 6. The van der Waals surface area contributed by atoms with Crippen molar-refractivity contribution in [2.45, 2.75) is 56.5 Å². The summed E-state index contributed by atoms with van der Waals surface area (Å²) in [5.74, 6) is -2.97. The van der Waals surface area contributed by atoms with Crippen molar-refractivity contribution in [3.8, 4) is 11.6 Å². The van der Waals surface area contributed by atoms with E-state index in [2.05, 4.69) is 20.5 Å². The standard InChI is InChI=1S/C25H24F4N4O4S/c1-13-19(22(34)31-15-7-5-8-16(11-15)38(4,35)36)23(33-32-21(13)25(27,28)29)37-20-14(2)30-18(12-17(20)26)24(3)9-6-10-24/h5,7-8,11-12H,6,9-10H2,1-4H3,(H,31,34). The first kappa shape index (κ1) is 27.4. The Hall–Kier alpha value is -3.61. The number of hydrogen-bond donors (Lipinski definition) is 1. The molecule has 202 valence electrons. The van der Waals surface area contributed by atoms with Gasteiger partial charge in [-0.15, -0.1) is 10.2 Å². The number of nitrogens with zero attached hydrogens (tertiary/aromatic N) is 3. The largest absolute Gasteiger partial charge is 0.435 e. The van der Waals surface area contributed by atoms with Crippen LogP contribution in [0.15, 0.2) is 35.2 Å². The Balaban J connectivity index is 1.76. The van der Waals surface area contributed by atoms with E-state index in [1.165, 1.54) is 31.2 Å². The second kappa shape index (κ2) is 9.61. The summed E-state index contributed by atoms with van der Waals surface area (Å²) in [6, 6.07) is 6.37. The third kappa shape index (κ3) is 5.33. The van der Waals surface area contributed by atoms with Gasteiger partial charge in [0.1, 0.15) is 5.56 Å². The number of aromatic nitrogens is 3. The number of alkyl halides is 3. The lowest BCUT2D eigenvalue weighted by atomic mass is 9.68. The van der Waals surface area contributed by atoms with Crippen LogP contribution in [0.5, 0.6) is 11.6 Å². The fourth-order valence-electron chi connectivity index (χ4n) is 4.22. The molecule has 0 atom stereocenters. The van der Waals surface area contributed by atoms with E-state index >= 15 is 4.39 Å². The van der Waals surface area contributed by atoms with Gasteiger partial charge in [0, 0.05) is 23.1 Å². The molecule has 8 nitrogen and oxygen atoms in total. The molecule has 0 radical (unpaired) electrons. The van der Waals surface area contributed by atoms with Gasteiger partial charge < -0.3 is 10.1 Å². The summed E-state index contributed by atoms with van der Waals surface area (Å²) in [5.41, 5.74) is -2.31. The Morgan fingerprint density at radius 3 is 2.37 bits per heavy atom. The molecule has 0 aliphatic heterocycles. The first-order valence-corrected chi connectivity index (χ1v) is 13.4. The molecule has 1 fully saturated rings. The van der Waals surface area contributed by atoms with Crippen molar-refractivity contribution in [3.05, 3.63) is 64.4 Å². The minimum Gasteiger partial charge on any atom is -0.432 e. The van der Waals surface area contributed by atoms with E-state index in [1.54, 1.807) is 0 Å². The SMILES string of the molecule is Cc1nc(C2(C)CCC2)cc(F)c1Oc1nnc(C(F)(F)F)c(C)c1C(=O)Nc1cccc(S(C)(=O)=O)c1. The third-order valence-corrected chi connectivity index (χ3v) is 7.68. The lowest BCUT2D eigenvalue weighted by Crippen LogP contribution is -2.31. The number of carbonyl (C=O) groups is 1. The van der Waals surface area contributed by atoms with Gasteiger partial charge in [-0.3, -0.25) is 9.78 Å². The smallest absolute Gasteiger partial charge is 0.432 e. The number of ether oxygens (including phenoxy) is 1. The summed E-state index contributed by atoms with van der Waals surface area (Å²) in [4.78, 5) is 17.5. The molecule has 3 aromatic rings. The average molecular weight is 553 g/mol. The summed E-state index contributed by atoms with van der Waals surface area (Å²) >= 11 is 0. The third-order valence-electron chi connectivity index (χ3n) is 6.57. The van der Waals surface area contributed by atoms with Crippen molar-refractivity contribution in [3.63, 3.8) is 0 Å². The van der Waals surface area contributed by atoms with E-state index in [9.17, 15) is 26.4 Å². The van der Waals surface area contributed by atoms with E-state index in [4.69, 9.17) is 4.74 Å². The van der Waals surface area contributed by atoms with Crippen molar-refractivity contribution >= 4 is 21.4 Å². The number of benzene rings is 1. The molecule has 1 aromatic carbocycles. The predicted molar refractivity (Wildman–Crippen MR) is 129 cm³/mol. The molecule has 1 amide bonds. The number of halogens is 4. The maximum absolute atomic E-state index is 15.1. The molecule has 2 aromatic heterocycles. The maximum atomic E-state index is 15.1. The average Bonchev–Trinajstić information content (AvgIpc) is 2.78. The molecule has 1 aliphatic rings. The van der Waals surface area contributed by atoms with Crippen molar-refractivity contribution in [2.24, 2.45) is 0 Å². The zero-order valence-corrected chi connectivity index (χ0v) is 21.7. The zero-order chi connectivity index (χ0) is 28.0. The Kier molecular flexibility index (Phi) is 6.93. The number of pyridine rings is 1. The molecule has 0 saturated heterocycles. The van der Waals surface area contributed by atoms with Crippen LogP contribution in [0, 0.1) is 19.7 Å². The Labute approximate surface area is 216 Å². The quantitative estimate of drug-likeness (QED) is 0.400. The first-order valence-electron chi connectivity index (χ1n) is 11.5. The van der Waals surface area contributed by atoms with Gasteiger partial charge in [0.05, 0.1) is 10.6 Å². The van der Waals surface area contributed by atoms with Crippen LogP contribution in [0.1, 0.15) is 59.2 Å². The van der Waals surface area contributed by atoms with E-state index in [0.29, 0.717) is 5.69 Å². The minimum absolute atomic E-state index is 0.00392. The first-order chi connectivity index (χ1) is 17.6. The van der Waals surface area contributed by atoms with Gasteiger partial charge >= 0.3 is 6.18 Å². The molecular formula is C25H24F4N4O4S. The van der Waals surface area contributed by atoms with Crippen molar-refractivity contribution in [2.75, 3.05) is 11.6 Å². The second-order valence-corrected chi connectivity index (χ2v) is 11.5. The van der Waals surface area contributed by atoms with Crippen molar-refractivity contribution in [1.29, 1.82) is 0 Å². The molecule has 1 N–H and O–H groups in total. The topological polar surface area (TPSA) is 111 Å². The van der Waals surface area contributed by atoms with Gasteiger partial charge in [0.25, 0.3) is 11.8 Å². The summed E-state index contributed by atoms with van der Waals surface area (Å²) in [7, 11) is -3.63. The molecule has 1 saturated carbocycles. The van der Waals surface area contributed by atoms with E-state index in [0.717, 1.165) is 38.5 Å². The number of amides is 1. The number of anilines is 1. The van der Waals surface area contributed by atoms with Gasteiger partial charge in [-0.05, 0) is 56.5 Å². The van der Waals surface area contributed by atoms with Crippen LogP contribution in [0.25, 0.3) is 0 Å². The molecule has 0 bridgehead atoms. The number of aryl methyl sites for hydroxylation is 1. The Bertz CT molecular complexity index is 1510. The summed E-state index contributed by atoms with van der Waals surface area (Å²) in [6.07, 6.45) is -1.30. The van der Waals surface area contributed by atoms with Crippen molar-refractivity contribution in [1.82, 2.24) is 15.2 Å². The lowest BCUT2D eigenvalue weighted by Gasteiger charge is -2.38. The highest BCUT2D eigenvalue weighted by Crippen LogP contribution is 2.44. The lowest BCUT2D eigenvalue weighted by molar-refractivity contribution is -0.142. The fraction of sp³-hybridized carbons (Fsp3) is 0.360. The highest BCUT2D eigenvalue weighted by atomic mass is 32.2. The van der Waals surface area contributed by atoms with Crippen LogP contribution in [0.2, 0.25) is 0 Å². The van der Waals surface area contributed by atoms with Crippen LogP contribution >= 0.6 is 0 Å². The zero-order valence-electron chi connectivity index (χ0n) is 20.9. The van der Waals surface area contributed by atoms with Gasteiger partial charge in [-0.25, -0.2) is 12.8 Å². The minimum atomic E-state index is -4.94. The number of carbonyl (C=O) groups excluding carboxylic acids is 1. The predicted octanol–water partition coefficient (Wildman–Crippen LogP) is 5.54. The van der Waals surface area contributed by atoms with Crippen LogP contribution < -0.4 is 10.1 Å². The monoisotopic (exact) mass is 552 g/mol. The molecule has 13 heteroatoms. The fourth-order valence-corrected chi connectivity index (χ4v) is 4.89. The van der Waals surface area contributed by atoms with Crippen LogP contribution in [-0.4, -0.2) is 35.8 Å². The highest BCUT2D eigenvalue weighted by molar-refractivity contribution is 7.90. The van der Waals surface area contributed by atoms with Gasteiger partial charge in [0.15, 0.2) is 27.1 Å².